The monoisotopic (exact) mass is 239 g/mol. The van der Waals surface area contributed by atoms with Crippen LogP contribution in [0.25, 0.3) is 0 Å². The van der Waals surface area contributed by atoms with Crippen molar-refractivity contribution < 1.29 is 4.79 Å². The minimum atomic E-state index is -0.0677. The van der Waals surface area contributed by atoms with E-state index in [9.17, 15) is 4.79 Å². The van der Waals surface area contributed by atoms with E-state index in [4.69, 9.17) is 11.6 Å². The second-order valence-electron chi connectivity index (χ2n) is 4.20. The summed E-state index contributed by atoms with van der Waals surface area (Å²) in [6.45, 7) is 3.81. The van der Waals surface area contributed by atoms with Gasteiger partial charge in [0.2, 0.25) is 0 Å². The third-order valence-corrected chi connectivity index (χ3v) is 3.08. The summed E-state index contributed by atoms with van der Waals surface area (Å²) in [5, 5.41) is 0.260. The molecule has 16 heavy (non-hydrogen) atoms. The quantitative estimate of drug-likeness (QED) is 0.753. The Balaban J connectivity index is 2.08. The fourth-order valence-electron chi connectivity index (χ4n) is 1.82. The van der Waals surface area contributed by atoms with Gasteiger partial charge in [-0.2, -0.15) is 0 Å². The Morgan fingerprint density at radius 2 is 2.12 bits per heavy atom. The van der Waals surface area contributed by atoms with Gasteiger partial charge < -0.3 is 4.90 Å². The first-order valence-corrected chi connectivity index (χ1v) is 5.81. The third kappa shape index (κ3) is 2.50. The van der Waals surface area contributed by atoms with Gasteiger partial charge in [0, 0.05) is 13.1 Å². The summed E-state index contributed by atoms with van der Waals surface area (Å²) in [5.74, 6) is 0.636. The largest absolute Gasteiger partial charge is 0.337 e. The molecule has 1 amide bonds. The van der Waals surface area contributed by atoms with E-state index in [1.807, 2.05) is 4.90 Å². The summed E-state index contributed by atoms with van der Waals surface area (Å²) in [4.78, 5) is 21.7. The molecule has 1 saturated heterocycles. The molecular weight excluding hydrogens is 226 g/mol. The van der Waals surface area contributed by atoms with Crippen LogP contribution in [0.1, 0.15) is 30.3 Å². The molecule has 0 aliphatic carbocycles. The molecule has 0 unspecified atom stereocenters. The number of carbonyl (C=O) groups is 1. The molecule has 2 rings (SSSR count). The lowest BCUT2D eigenvalue weighted by atomic mass is 9.99. The van der Waals surface area contributed by atoms with Crippen molar-refractivity contribution in [2.24, 2.45) is 5.92 Å². The molecule has 1 aromatic rings. The van der Waals surface area contributed by atoms with Crippen LogP contribution in [-0.2, 0) is 0 Å². The fourth-order valence-corrected chi connectivity index (χ4v) is 1.97. The van der Waals surface area contributed by atoms with Gasteiger partial charge in [0.25, 0.3) is 5.91 Å². The highest BCUT2D eigenvalue weighted by molar-refractivity contribution is 6.29. The second-order valence-corrected chi connectivity index (χ2v) is 4.59. The number of aromatic nitrogens is 2. The van der Waals surface area contributed by atoms with E-state index < -0.39 is 0 Å². The first-order valence-electron chi connectivity index (χ1n) is 5.43. The molecule has 0 atom stereocenters. The minimum absolute atomic E-state index is 0.0677. The molecular formula is C11H14ClN3O. The molecule has 0 saturated carbocycles. The summed E-state index contributed by atoms with van der Waals surface area (Å²) in [6, 6.07) is 0. The fraction of sp³-hybridized carbons (Fsp3) is 0.545. The van der Waals surface area contributed by atoms with Crippen molar-refractivity contribution in [2.75, 3.05) is 13.1 Å². The van der Waals surface area contributed by atoms with Crippen LogP contribution in [0.3, 0.4) is 0 Å². The van der Waals surface area contributed by atoms with E-state index in [-0.39, 0.29) is 11.1 Å². The highest BCUT2D eigenvalue weighted by atomic mass is 35.5. The topological polar surface area (TPSA) is 46.1 Å². The van der Waals surface area contributed by atoms with Crippen molar-refractivity contribution in [1.82, 2.24) is 14.9 Å². The van der Waals surface area contributed by atoms with Crippen LogP contribution in [0, 0.1) is 5.92 Å². The molecule has 0 N–H and O–H groups in total. The number of hydrogen-bond acceptors (Lipinski definition) is 3. The summed E-state index contributed by atoms with van der Waals surface area (Å²) in [7, 11) is 0. The van der Waals surface area contributed by atoms with E-state index in [0.717, 1.165) is 25.9 Å². The van der Waals surface area contributed by atoms with Crippen molar-refractivity contribution in [1.29, 1.82) is 0 Å². The zero-order valence-electron chi connectivity index (χ0n) is 9.19. The van der Waals surface area contributed by atoms with Gasteiger partial charge in [-0.1, -0.05) is 18.5 Å². The summed E-state index contributed by atoms with van der Waals surface area (Å²) < 4.78 is 0. The lowest BCUT2D eigenvalue weighted by Crippen LogP contribution is -2.38. The Bertz CT molecular complexity index is 389. The van der Waals surface area contributed by atoms with Crippen LogP contribution in [-0.4, -0.2) is 33.9 Å². The maximum Gasteiger partial charge on any atom is 0.274 e. The molecule has 1 fully saturated rings. The number of carbonyl (C=O) groups excluding carboxylic acids is 1. The van der Waals surface area contributed by atoms with Gasteiger partial charge in [0.15, 0.2) is 0 Å². The van der Waals surface area contributed by atoms with Crippen LogP contribution in [0.5, 0.6) is 0 Å². The average Bonchev–Trinajstić information content (AvgIpc) is 2.29. The lowest BCUT2D eigenvalue weighted by molar-refractivity contribution is 0.0691. The van der Waals surface area contributed by atoms with Gasteiger partial charge in [-0.15, -0.1) is 0 Å². The number of halogens is 1. The van der Waals surface area contributed by atoms with Crippen molar-refractivity contribution in [3.63, 3.8) is 0 Å². The second kappa shape index (κ2) is 4.78. The number of likely N-dealkylation sites (tertiary alicyclic amines) is 1. The molecule has 1 aromatic heterocycles. The van der Waals surface area contributed by atoms with E-state index in [2.05, 4.69) is 16.9 Å². The number of piperidine rings is 1. The highest BCUT2D eigenvalue weighted by Crippen LogP contribution is 2.17. The Morgan fingerprint density at radius 1 is 1.44 bits per heavy atom. The SMILES string of the molecule is CC1CCN(C(=O)c2cncc(Cl)n2)CC1. The minimum Gasteiger partial charge on any atom is -0.337 e. The van der Waals surface area contributed by atoms with Gasteiger partial charge in [-0.25, -0.2) is 4.98 Å². The normalized spacial score (nSPS) is 17.5. The maximum atomic E-state index is 12.0. The van der Waals surface area contributed by atoms with Crippen LogP contribution in [0.4, 0.5) is 0 Å². The zero-order chi connectivity index (χ0) is 11.5. The van der Waals surface area contributed by atoms with E-state index >= 15 is 0 Å². The molecule has 5 heteroatoms. The van der Waals surface area contributed by atoms with Gasteiger partial charge >= 0.3 is 0 Å². The van der Waals surface area contributed by atoms with E-state index in [0.29, 0.717) is 11.6 Å². The number of amides is 1. The third-order valence-electron chi connectivity index (χ3n) is 2.90. The Morgan fingerprint density at radius 3 is 2.75 bits per heavy atom. The first-order chi connectivity index (χ1) is 7.66. The lowest BCUT2D eigenvalue weighted by Gasteiger charge is -2.29. The molecule has 4 nitrogen and oxygen atoms in total. The standard InChI is InChI=1S/C11H14ClN3O/c1-8-2-4-15(5-3-8)11(16)9-6-13-7-10(12)14-9/h6-8H,2-5H2,1H3. The van der Waals surface area contributed by atoms with E-state index in [1.165, 1.54) is 12.4 Å². The van der Waals surface area contributed by atoms with Crippen LogP contribution >= 0.6 is 11.6 Å². The molecule has 1 aliphatic rings. The number of nitrogens with zero attached hydrogens (tertiary/aromatic N) is 3. The predicted octanol–water partition coefficient (Wildman–Crippen LogP) is 2.00. The van der Waals surface area contributed by atoms with Crippen molar-refractivity contribution in [3.05, 3.63) is 23.2 Å². The van der Waals surface area contributed by atoms with Gasteiger partial charge in [0.05, 0.1) is 12.4 Å². The van der Waals surface area contributed by atoms with E-state index in [1.54, 1.807) is 0 Å². The Kier molecular flexibility index (Phi) is 3.39. The van der Waals surface area contributed by atoms with Crippen LogP contribution in [0.2, 0.25) is 5.15 Å². The molecule has 0 spiro atoms. The zero-order valence-corrected chi connectivity index (χ0v) is 9.94. The number of hydrogen-bond donors (Lipinski definition) is 0. The van der Waals surface area contributed by atoms with Crippen molar-refractivity contribution in [2.45, 2.75) is 19.8 Å². The van der Waals surface area contributed by atoms with Crippen molar-refractivity contribution >= 4 is 17.5 Å². The predicted molar refractivity (Wildman–Crippen MR) is 61.3 cm³/mol. The van der Waals surface area contributed by atoms with Gasteiger partial charge in [-0.05, 0) is 18.8 Å². The Labute approximate surface area is 99.6 Å². The van der Waals surface area contributed by atoms with Gasteiger partial charge in [-0.3, -0.25) is 9.78 Å². The Hall–Kier alpha value is -1.16. The van der Waals surface area contributed by atoms with Crippen LogP contribution in [0.15, 0.2) is 12.4 Å². The number of rotatable bonds is 1. The van der Waals surface area contributed by atoms with Crippen molar-refractivity contribution in [3.8, 4) is 0 Å². The smallest absolute Gasteiger partial charge is 0.274 e. The summed E-state index contributed by atoms with van der Waals surface area (Å²) in [5.41, 5.74) is 0.335. The highest BCUT2D eigenvalue weighted by Gasteiger charge is 2.22. The summed E-state index contributed by atoms with van der Waals surface area (Å²) >= 11 is 5.71. The molecule has 86 valence electrons. The molecule has 0 bridgehead atoms. The first kappa shape index (κ1) is 11.3. The molecule has 0 radical (unpaired) electrons. The van der Waals surface area contributed by atoms with Crippen LogP contribution < -0.4 is 0 Å². The summed E-state index contributed by atoms with van der Waals surface area (Å²) in [6.07, 6.45) is 5.00. The molecule has 1 aliphatic heterocycles. The molecule has 0 aromatic carbocycles. The maximum absolute atomic E-state index is 12.0. The van der Waals surface area contributed by atoms with Gasteiger partial charge in [0.1, 0.15) is 10.8 Å². The molecule has 2 heterocycles. The average molecular weight is 240 g/mol.